The molecule has 0 N–H and O–H groups in total. The van der Waals surface area contributed by atoms with Crippen LogP contribution in [-0.4, -0.2) is 34.8 Å². The van der Waals surface area contributed by atoms with Crippen molar-refractivity contribution in [2.75, 3.05) is 14.2 Å². The fourth-order valence-electron chi connectivity index (χ4n) is 4.48. The molecule has 9 heteroatoms. The predicted octanol–water partition coefficient (Wildman–Crippen LogP) is 7.63. The first-order chi connectivity index (χ1) is 20.3. The molecule has 0 radical (unpaired) electrons. The van der Waals surface area contributed by atoms with Crippen molar-refractivity contribution >= 4 is 17.5 Å². The van der Waals surface area contributed by atoms with Gasteiger partial charge in [-0.2, -0.15) is 5.10 Å². The number of carbonyl (C=O) groups is 1. The zero-order chi connectivity index (χ0) is 29.6. The molecule has 1 amide bonds. The van der Waals surface area contributed by atoms with Crippen molar-refractivity contribution in [3.05, 3.63) is 130 Å². The van der Waals surface area contributed by atoms with E-state index in [0.29, 0.717) is 50.7 Å². The van der Waals surface area contributed by atoms with Crippen LogP contribution in [-0.2, 0) is 13.1 Å². The molecule has 0 atom stereocenters. The van der Waals surface area contributed by atoms with E-state index < -0.39 is 0 Å². The summed E-state index contributed by atoms with van der Waals surface area (Å²) in [5.41, 5.74) is 3.33. The second kappa shape index (κ2) is 12.8. The van der Waals surface area contributed by atoms with Crippen molar-refractivity contribution in [3.63, 3.8) is 0 Å². The van der Waals surface area contributed by atoms with E-state index in [0.717, 1.165) is 5.56 Å². The third-order valence-corrected chi connectivity index (χ3v) is 6.96. The third kappa shape index (κ3) is 6.56. The molecule has 5 aromatic rings. The lowest BCUT2D eigenvalue weighted by atomic mass is 10.1. The van der Waals surface area contributed by atoms with Gasteiger partial charge in [-0.3, -0.25) is 4.79 Å². The maximum Gasteiger partial charge on any atom is 0.254 e. The highest BCUT2D eigenvalue weighted by atomic mass is 35.5. The molecule has 0 spiro atoms. The van der Waals surface area contributed by atoms with Crippen LogP contribution in [0.2, 0.25) is 5.02 Å². The highest BCUT2D eigenvalue weighted by Crippen LogP contribution is 2.33. The number of ether oxygens (including phenoxy) is 3. The minimum atomic E-state index is -0.347. The van der Waals surface area contributed by atoms with Gasteiger partial charge in [-0.1, -0.05) is 29.8 Å². The van der Waals surface area contributed by atoms with E-state index in [1.165, 1.54) is 12.1 Å². The number of aromatic nitrogens is 2. The summed E-state index contributed by atoms with van der Waals surface area (Å²) in [6.45, 7) is 2.26. The van der Waals surface area contributed by atoms with Gasteiger partial charge in [0.1, 0.15) is 23.1 Å². The van der Waals surface area contributed by atoms with E-state index in [-0.39, 0.29) is 24.8 Å². The average molecular weight is 586 g/mol. The molecule has 0 saturated carbocycles. The van der Waals surface area contributed by atoms with Gasteiger partial charge in [-0.15, -0.1) is 0 Å². The van der Waals surface area contributed by atoms with Gasteiger partial charge in [0.25, 0.3) is 5.91 Å². The molecular weight excluding hydrogens is 557 g/mol. The Morgan fingerprint density at radius 2 is 1.48 bits per heavy atom. The van der Waals surface area contributed by atoms with E-state index in [2.05, 4.69) is 0 Å². The van der Waals surface area contributed by atoms with Gasteiger partial charge in [0.15, 0.2) is 0 Å². The zero-order valence-electron chi connectivity index (χ0n) is 23.4. The molecule has 7 nitrogen and oxygen atoms in total. The van der Waals surface area contributed by atoms with Crippen molar-refractivity contribution in [3.8, 4) is 28.8 Å². The van der Waals surface area contributed by atoms with Crippen LogP contribution in [0.3, 0.4) is 0 Å². The highest BCUT2D eigenvalue weighted by Gasteiger charge is 2.25. The second-order valence-corrected chi connectivity index (χ2v) is 9.99. The number of methoxy groups -OCH3 is 2. The first-order valence-corrected chi connectivity index (χ1v) is 13.6. The number of amides is 1. The van der Waals surface area contributed by atoms with Crippen molar-refractivity contribution in [1.82, 2.24) is 14.7 Å². The molecule has 0 bridgehead atoms. The summed E-state index contributed by atoms with van der Waals surface area (Å²) < 4.78 is 32.3. The van der Waals surface area contributed by atoms with Gasteiger partial charge in [0.05, 0.1) is 37.7 Å². The summed E-state index contributed by atoms with van der Waals surface area (Å²) in [5, 5.41) is 5.33. The van der Waals surface area contributed by atoms with Crippen LogP contribution in [0, 0.1) is 12.7 Å². The quantitative estimate of drug-likeness (QED) is 0.169. The number of carbonyl (C=O) groups excluding carboxylic acids is 1. The van der Waals surface area contributed by atoms with Crippen LogP contribution in [0.1, 0.15) is 27.2 Å². The topological polar surface area (TPSA) is 65.8 Å². The van der Waals surface area contributed by atoms with Crippen LogP contribution in [0.5, 0.6) is 23.1 Å². The third-order valence-electron chi connectivity index (χ3n) is 6.72. The summed E-state index contributed by atoms with van der Waals surface area (Å²) >= 11 is 6.32. The molecule has 0 saturated heterocycles. The first kappa shape index (κ1) is 28.7. The Morgan fingerprint density at radius 3 is 2.10 bits per heavy atom. The molecule has 0 fully saturated rings. The number of rotatable bonds is 10. The van der Waals surface area contributed by atoms with E-state index >= 15 is 0 Å². The Balaban J connectivity index is 1.57. The second-order valence-electron chi connectivity index (χ2n) is 9.55. The Labute approximate surface area is 248 Å². The van der Waals surface area contributed by atoms with Crippen LogP contribution in [0.25, 0.3) is 5.69 Å². The standard InChI is InChI=1S/C33H29ClFN3O4/c1-22-31(21-37(20-23-7-11-26(35)12-8-23)32(39)24-9-13-28(40-2)14-10-24)33(42-30-17-15-29(41-3)16-18-30)38(36-22)27-6-4-5-25(34)19-27/h4-19H,20-21H2,1-3H3. The number of nitrogens with zero attached hydrogens (tertiary/aromatic N) is 3. The fraction of sp³-hybridized carbons (Fsp3) is 0.152. The van der Waals surface area contributed by atoms with Gasteiger partial charge in [-0.05, 0) is 91.3 Å². The minimum absolute atomic E-state index is 0.167. The minimum Gasteiger partial charge on any atom is -0.497 e. The van der Waals surface area contributed by atoms with Crippen LogP contribution in [0.4, 0.5) is 4.39 Å². The zero-order valence-corrected chi connectivity index (χ0v) is 24.1. The molecule has 1 aromatic heterocycles. The number of benzene rings is 4. The molecule has 0 aliphatic rings. The summed E-state index contributed by atoms with van der Waals surface area (Å²) in [5.74, 6) is 1.77. The van der Waals surface area contributed by atoms with E-state index in [1.54, 1.807) is 96.6 Å². The van der Waals surface area contributed by atoms with E-state index in [4.69, 9.17) is 30.9 Å². The number of hydrogen-bond donors (Lipinski definition) is 0. The lowest BCUT2D eigenvalue weighted by Gasteiger charge is -2.24. The molecule has 0 unspecified atom stereocenters. The largest absolute Gasteiger partial charge is 0.497 e. The van der Waals surface area contributed by atoms with Gasteiger partial charge >= 0.3 is 0 Å². The Kier molecular flexibility index (Phi) is 8.74. The maximum atomic E-state index is 13.9. The van der Waals surface area contributed by atoms with Gasteiger partial charge in [0.2, 0.25) is 5.88 Å². The molecule has 42 heavy (non-hydrogen) atoms. The first-order valence-electron chi connectivity index (χ1n) is 13.2. The van der Waals surface area contributed by atoms with Crippen LogP contribution >= 0.6 is 11.6 Å². The maximum absolute atomic E-state index is 13.9. The Morgan fingerprint density at radius 1 is 0.857 bits per heavy atom. The van der Waals surface area contributed by atoms with E-state index in [1.807, 2.05) is 19.1 Å². The molecule has 0 aliphatic heterocycles. The number of hydrogen-bond acceptors (Lipinski definition) is 5. The lowest BCUT2D eigenvalue weighted by molar-refractivity contribution is 0.0729. The summed E-state index contributed by atoms with van der Waals surface area (Å²) in [6.07, 6.45) is 0. The summed E-state index contributed by atoms with van der Waals surface area (Å²) in [6, 6.07) is 27.5. The summed E-state index contributed by atoms with van der Waals surface area (Å²) in [7, 11) is 3.17. The normalized spacial score (nSPS) is 10.8. The van der Waals surface area contributed by atoms with Crippen molar-refractivity contribution in [2.24, 2.45) is 0 Å². The fourth-order valence-corrected chi connectivity index (χ4v) is 4.66. The monoisotopic (exact) mass is 585 g/mol. The van der Waals surface area contributed by atoms with Crippen LogP contribution < -0.4 is 14.2 Å². The molecule has 5 rings (SSSR count). The van der Waals surface area contributed by atoms with Gasteiger partial charge < -0.3 is 19.1 Å². The van der Waals surface area contributed by atoms with Crippen molar-refractivity contribution in [2.45, 2.75) is 20.0 Å². The predicted molar refractivity (Wildman–Crippen MR) is 159 cm³/mol. The smallest absolute Gasteiger partial charge is 0.254 e. The molecule has 0 aliphatic carbocycles. The van der Waals surface area contributed by atoms with Gasteiger partial charge in [0, 0.05) is 17.1 Å². The van der Waals surface area contributed by atoms with Crippen LogP contribution in [0.15, 0.2) is 97.1 Å². The summed E-state index contributed by atoms with van der Waals surface area (Å²) in [4.78, 5) is 15.6. The van der Waals surface area contributed by atoms with Crippen molar-refractivity contribution < 1.29 is 23.4 Å². The van der Waals surface area contributed by atoms with Gasteiger partial charge in [-0.25, -0.2) is 9.07 Å². The number of aryl methyl sites for hydroxylation is 1. The lowest BCUT2D eigenvalue weighted by Crippen LogP contribution is -2.30. The SMILES string of the molecule is COc1ccc(Oc2c(CN(Cc3ccc(F)cc3)C(=O)c3ccc(OC)cc3)c(C)nn2-c2cccc(Cl)c2)cc1. The molecule has 214 valence electrons. The molecule has 4 aromatic carbocycles. The molecular formula is C33H29ClFN3O4. The van der Waals surface area contributed by atoms with E-state index in [9.17, 15) is 9.18 Å². The Hall–Kier alpha value is -4.82. The highest BCUT2D eigenvalue weighted by molar-refractivity contribution is 6.30. The van der Waals surface area contributed by atoms with Crippen molar-refractivity contribution in [1.29, 1.82) is 0 Å². The average Bonchev–Trinajstić information content (AvgIpc) is 3.32. The number of halogens is 2. The Bertz CT molecular complexity index is 1670. The molecule has 1 heterocycles.